The lowest BCUT2D eigenvalue weighted by Gasteiger charge is -2.28. The predicted molar refractivity (Wildman–Crippen MR) is 101 cm³/mol. The fourth-order valence-electron chi connectivity index (χ4n) is 3.53. The van der Waals surface area contributed by atoms with Gasteiger partial charge in [-0.05, 0) is 55.0 Å². The van der Waals surface area contributed by atoms with Gasteiger partial charge in [-0.1, -0.05) is 19.4 Å². The van der Waals surface area contributed by atoms with E-state index in [2.05, 4.69) is 34.6 Å². The van der Waals surface area contributed by atoms with E-state index in [4.69, 9.17) is 4.74 Å². The summed E-state index contributed by atoms with van der Waals surface area (Å²) in [5.41, 5.74) is 4.47. The van der Waals surface area contributed by atoms with Crippen LogP contribution in [0.2, 0.25) is 0 Å². The molecule has 1 aromatic carbocycles. The average Bonchev–Trinajstić information content (AvgIpc) is 3.08. The van der Waals surface area contributed by atoms with Crippen LogP contribution < -0.4 is 10.1 Å². The standard InChI is InChI=1S/C20H28N4O2/c1-4-6-15-12-16(23-22-15)13-24(2)20(25)21-19-8-5-7-14-11-17(26-3)9-10-18(14)19/h9-12,19H,4-8,13H2,1-3H3,(H,21,25)(H,22,23)/t19-/m0/s1. The van der Waals surface area contributed by atoms with Crippen LogP contribution in [-0.2, 0) is 19.4 Å². The molecule has 2 N–H and O–H groups in total. The molecule has 2 amide bonds. The third kappa shape index (κ3) is 4.18. The fourth-order valence-corrected chi connectivity index (χ4v) is 3.53. The van der Waals surface area contributed by atoms with Gasteiger partial charge in [-0.15, -0.1) is 0 Å². The largest absolute Gasteiger partial charge is 0.497 e. The number of nitrogens with zero attached hydrogens (tertiary/aromatic N) is 2. The van der Waals surface area contributed by atoms with E-state index in [0.29, 0.717) is 6.54 Å². The van der Waals surface area contributed by atoms with Crippen LogP contribution in [-0.4, -0.2) is 35.3 Å². The molecule has 0 spiro atoms. The van der Waals surface area contributed by atoms with Gasteiger partial charge < -0.3 is 15.0 Å². The van der Waals surface area contributed by atoms with Crippen LogP contribution >= 0.6 is 0 Å². The number of rotatable bonds is 6. The number of hydrogen-bond donors (Lipinski definition) is 2. The highest BCUT2D eigenvalue weighted by Crippen LogP contribution is 2.32. The maximum atomic E-state index is 12.6. The number of carbonyl (C=O) groups excluding carboxylic acids is 1. The molecular weight excluding hydrogens is 328 g/mol. The van der Waals surface area contributed by atoms with Crippen molar-refractivity contribution < 1.29 is 9.53 Å². The summed E-state index contributed by atoms with van der Waals surface area (Å²) in [6.45, 7) is 2.65. The second-order valence-electron chi connectivity index (χ2n) is 6.95. The molecule has 1 heterocycles. The van der Waals surface area contributed by atoms with E-state index in [1.165, 1.54) is 11.1 Å². The zero-order valence-corrected chi connectivity index (χ0v) is 15.8. The van der Waals surface area contributed by atoms with Gasteiger partial charge in [-0.3, -0.25) is 5.10 Å². The first-order valence-electron chi connectivity index (χ1n) is 9.32. The summed E-state index contributed by atoms with van der Waals surface area (Å²) < 4.78 is 5.32. The maximum Gasteiger partial charge on any atom is 0.317 e. The van der Waals surface area contributed by atoms with Crippen LogP contribution in [0.3, 0.4) is 0 Å². The van der Waals surface area contributed by atoms with Gasteiger partial charge in [-0.2, -0.15) is 5.10 Å². The number of carbonyl (C=O) groups is 1. The summed E-state index contributed by atoms with van der Waals surface area (Å²) in [6.07, 6.45) is 5.07. The van der Waals surface area contributed by atoms with Crippen molar-refractivity contribution in [2.75, 3.05) is 14.2 Å². The van der Waals surface area contributed by atoms with Gasteiger partial charge in [0.25, 0.3) is 0 Å². The molecule has 26 heavy (non-hydrogen) atoms. The second kappa shape index (κ2) is 8.25. The molecule has 2 aromatic rings. The van der Waals surface area contributed by atoms with Crippen molar-refractivity contribution in [1.29, 1.82) is 0 Å². The normalized spacial score (nSPS) is 16.0. The number of benzene rings is 1. The maximum absolute atomic E-state index is 12.6. The molecule has 0 saturated carbocycles. The zero-order valence-electron chi connectivity index (χ0n) is 15.8. The molecule has 140 valence electrons. The Morgan fingerprint density at radius 2 is 2.27 bits per heavy atom. The topological polar surface area (TPSA) is 70.2 Å². The van der Waals surface area contributed by atoms with E-state index in [1.807, 2.05) is 19.2 Å². The molecule has 3 rings (SSSR count). The third-order valence-electron chi connectivity index (χ3n) is 4.91. The Kier molecular flexibility index (Phi) is 5.81. The van der Waals surface area contributed by atoms with Crippen molar-refractivity contribution in [3.8, 4) is 5.75 Å². The lowest BCUT2D eigenvalue weighted by molar-refractivity contribution is 0.200. The minimum absolute atomic E-state index is 0.0528. The van der Waals surface area contributed by atoms with Crippen LogP contribution in [0, 0.1) is 0 Å². The highest BCUT2D eigenvalue weighted by molar-refractivity contribution is 5.74. The minimum Gasteiger partial charge on any atom is -0.497 e. The van der Waals surface area contributed by atoms with Crippen LogP contribution in [0.15, 0.2) is 24.3 Å². The number of aromatic nitrogens is 2. The lowest BCUT2D eigenvalue weighted by Crippen LogP contribution is -2.40. The molecule has 6 nitrogen and oxygen atoms in total. The van der Waals surface area contributed by atoms with Crippen LogP contribution in [0.1, 0.15) is 54.7 Å². The first-order chi connectivity index (χ1) is 12.6. The van der Waals surface area contributed by atoms with Crippen molar-refractivity contribution in [1.82, 2.24) is 20.4 Å². The monoisotopic (exact) mass is 356 g/mol. The summed E-state index contributed by atoms with van der Waals surface area (Å²) in [4.78, 5) is 14.3. The quantitative estimate of drug-likeness (QED) is 0.831. The first kappa shape index (κ1) is 18.3. The SMILES string of the molecule is CCCc1cc(CN(C)C(=O)N[C@H]2CCCc3cc(OC)ccc32)[nH]n1. The number of methoxy groups -OCH3 is 1. The predicted octanol–water partition coefficient (Wildman–Crippen LogP) is 3.59. The van der Waals surface area contributed by atoms with Crippen molar-refractivity contribution in [2.24, 2.45) is 0 Å². The summed E-state index contributed by atoms with van der Waals surface area (Å²) in [5.74, 6) is 0.870. The Bertz CT molecular complexity index is 756. The molecule has 1 atom stereocenters. The summed E-state index contributed by atoms with van der Waals surface area (Å²) in [7, 11) is 3.49. The number of ether oxygens (including phenoxy) is 1. The van der Waals surface area contributed by atoms with E-state index in [1.54, 1.807) is 12.0 Å². The molecular formula is C20H28N4O2. The van der Waals surface area contributed by atoms with Crippen LogP contribution in [0.5, 0.6) is 5.75 Å². The number of nitrogens with one attached hydrogen (secondary N) is 2. The highest BCUT2D eigenvalue weighted by Gasteiger charge is 2.23. The van der Waals surface area contributed by atoms with E-state index < -0.39 is 0 Å². The Morgan fingerprint density at radius 1 is 1.42 bits per heavy atom. The van der Waals surface area contributed by atoms with Gasteiger partial charge >= 0.3 is 6.03 Å². The molecule has 0 radical (unpaired) electrons. The number of amides is 2. The second-order valence-corrected chi connectivity index (χ2v) is 6.95. The molecule has 0 aliphatic heterocycles. The van der Waals surface area contributed by atoms with Gasteiger partial charge in [-0.25, -0.2) is 4.79 Å². The zero-order chi connectivity index (χ0) is 18.5. The van der Waals surface area contributed by atoms with E-state index in [-0.39, 0.29) is 12.1 Å². The summed E-state index contributed by atoms with van der Waals surface area (Å²) in [6, 6.07) is 8.14. The first-order valence-corrected chi connectivity index (χ1v) is 9.32. The van der Waals surface area contributed by atoms with E-state index in [9.17, 15) is 4.79 Å². The number of aromatic amines is 1. The lowest BCUT2D eigenvalue weighted by atomic mass is 9.87. The van der Waals surface area contributed by atoms with Crippen LogP contribution in [0.25, 0.3) is 0 Å². The molecule has 0 bridgehead atoms. The Labute approximate surface area is 154 Å². The fraction of sp³-hybridized carbons (Fsp3) is 0.500. The van der Waals surface area contributed by atoms with Gasteiger partial charge in [0.2, 0.25) is 0 Å². The van der Waals surface area contributed by atoms with Crippen molar-refractivity contribution in [2.45, 2.75) is 51.6 Å². The Morgan fingerprint density at radius 3 is 3.04 bits per heavy atom. The summed E-state index contributed by atoms with van der Waals surface area (Å²) in [5, 5.41) is 10.5. The minimum atomic E-state index is -0.0645. The van der Waals surface area contributed by atoms with Crippen molar-refractivity contribution in [3.63, 3.8) is 0 Å². The van der Waals surface area contributed by atoms with Gasteiger partial charge in [0, 0.05) is 7.05 Å². The Hall–Kier alpha value is -2.50. The van der Waals surface area contributed by atoms with E-state index in [0.717, 1.165) is 49.2 Å². The Balaban J connectivity index is 1.62. The van der Waals surface area contributed by atoms with Crippen LogP contribution in [0.4, 0.5) is 4.79 Å². The van der Waals surface area contributed by atoms with Gasteiger partial charge in [0.1, 0.15) is 5.75 Å². The molecule has 0 fully saturated rings. The number of urea groups is 1. The number of H-pyrrole nitrogens is 1. The van der Waals surface area contributed by atoms with E-state index >= 15 is 0 Å². The molecule has 0 unspecified atom stereocenters. The highest BCUT2D eigenvalue weighted by atomic mass is 16.5. The molecule has 1 aliphatic rings. The number of hydrogen-bond acceptors (Lipinski definition) is 3. The molecule has 6 heteroatoms. The summed E-state index contributed by atoms with van der Waals surface area (Å²) >= 11 is 0. The van der Waals surface area contributed by atoms with Crippen molar-refractivity contribution >= 4 is 6.03 Å². The third-order valence-corrected chi connectivity index (χ3v) is 4.91. The van der Waals surface area contributed by atoms with Gasteiger partial charge in [0.05, 0.1) is 31.1 Å². The molecule has 1 aliphatic carbocycles. The molecule has 0 saturated heterocycles. The smallest absolute Gasteiger partial charge is 0.317 e. The molecule has 1 aromatic heterocycles. The average molecular weight is 356 g/mol. The van der Waals surface area contributed by atoms with Gasteiger partial charge in [0.15, 0.2) is 0 Å². The van der Waals surface area contributed by atoms with Crippen molar-refractivity contribution in [3.05, 3.63) is 46.8 Å². The number of fused-ring (bicyclic) bond motifs is 1. The number of aryl methyl sites for hydroxylation is 2.